The van der Waals surface area contributed by atoms with E-state index in [0.717, 1.165) is 22.2 Å². The van der Waals surface area contributed by atoms with E-state index in [1.807, 2.05) is 72.1 Å². The molecule has 0 saturated heterocycles. The molecule has 4 rings (SSSR count). The molecule has 27 heavy (non-hydrogen) atoms. The van der Waals surface area contributed by atoms with E-state index < -0.39 is 0 Å². The van der Waals surface area contributed by atoms with E-state index in [4.69, 9.17) is 4.74 Å². The Hall–Kier alpha value is -3.41. The molecule has 2 aromatic carbocycles. The summed E-state index contributed by atoms with van der Waals surface area (Å²) in [7, 11) is 0. The number of carbonyl (C=O) groups excluding carboxylic acids is 1. The summed E-state index contributed by atoms with van der Waals surface area (Å²) in [6.45, 7) is 2.88. The number of carbonyl (C=O) groups is 1. The smallest absolute Gasteiger partial charge is 0.255 e. The van der Waals surface area contributed by atoms with E-state index in [9.17, 15) is 4.79 Å². The maximum atomic E-state index is 12.7. The number of hydrogen-bond acceptors (Lipinski definition) is 4. The third-order valence-electron chi connectivity index (χ3n) is 4.41. The summed E-state index contributed by atoms with van der Waals surface area (Å²) in [5.41, 5.74) is 1.34. The lowest BCUT2D eigenvalue weighted by Gasteiger charge is -2.12. The molecular weight excluding hydrogens is 340 g/mol. The molecule has 1 amide bonds. The van der Waals surface area contributed by atoms with Crippen LogP contribution < -0.4 is 10.1 Å². The fraction of sp³-hybridized carbons (Fsp3) is 0.190. The van der Waals surface area contributed by atoms with E-state index in [-0.39, 0.29) is 5.91 Å². The van der Waals surface area contributed by atoms with Crippen molar-refractivity contribution in [3.63, 3.8) is 0 Å². The number of aromatic nitrogens is 3. The second-order valence-corrected chi connectivity index (χ2v) is 6.18. The zero-order chi connectivity index (χ0) is 18.6. The number of ether oxygens (including phenoxy) is 1. The zero-order valence-corrected chi connectivity index (χ0v) is 15.1. The summed E-state index contributed by atoms with van der Waals surface area (Å²) in [6.07, 6.45) is 2.51. The number of hydrogen-bond donors (Lipinski definition) is 1. The summed E-state index contributed by atoms with van der Waals surface area (Å²) in [6, 6.07) is 17.5. The lowest BCUT2D eigenvalue weighted by atomic mass is 10.1. The first kappa shape index (κ1) is 17.0. The molecule has 0 unspecified atom stereocenters. The van der Waals surface area contributed by atoms with Crippen molar-refractivity contribution in [3.05, 3.63) is 72.2 Å². The minimum atomic E-state index is -0.155. The van der Waals surface area contributed by atoms with Gasteiger partial charge in [0.1, 0.15) is 11.6 Å². The van der Waals surface area contributed by atoms with Crippen LogP contribution in [0, 0.1) is 0 Å². The van der Waals surface area contributed by atoms with Gasteiger partial charge >= 0.3 is 0 Å². The minimum Gasteiger partial charge on any atom is -0.493 e. The van der Waals surface area contributed by atoms with Crippen LogP contribution in [0.25, 0.3) is 16.4 Å². The molecule has 0 aliphatic heterocycles. The Morgan fingerprint density at radius 1 is 1.07 bits per heavy atom. The van der Waals surface area contributed by atoms with Gasteiger partial charge in [0.05, 0.1) is 12.2 Å². The van der Waals surface area contributed by atoms with Crippen LogP contribution in [0.3, 0.4) is 0 Å². The molecule has 4 aromatic rings. The van der Waals surface area contributed by atoms with Crippen molar-refractivity contribution in [2.75, 3.05) is 13.2 Å². The highest BCUT2D eigenvalue weighted by molar-refractivity contribution is 6.01. The first-order chi connectivity index (χ1) is 13.3. The van der Waals surface area contributed by atoms with Gasteiger partial charge in [-0.25, -0.2) is 0 Å². The van der Waals surface area contributed by atoms with Crippen molar-refractivity contribution in [1.29, 1.82) is 0 Å². The number of pyridine rings is 1. The SMILES string of the molecule is CCOc1cc2ccccc2cc1C(=O)NCCc1nnc2ccccn12. The van der Waals surface area contributed by atoms with Gasteiger partial charge in [-0.1, -0.05) is 30.3 Å². The summed E-state index contributed by atoms with van der Waals surface area (Å²) >= 11 is 0. The quantitative estimate of drug-likeness (QED) is 0.573. The van der Waals surface area contributed by atoms with Crippen LogP contribution >= 0.6 is 0 Å². The lowest BCUT2D eigenvalue weighted by Crippen LogP contribution is -2.26. The predicted molar refractivity (Wildman–Crippen MR) is 104 cm³/mol. The third kappa shape index (κ3) is 3.46. The maximum Gasteiger partial charge on any atom is 0.255 e. The Morgan fingerprint density at radius 3 is 2.67 bits per heavy atom. The van der Waals surface area contributed by atoms with Gasteiger partial charge in [-0.2, -0.15) is 0 Å². The standard InChI is InChI=1S/C21H20N4O2/c1-2-27-18-14-16-8-4-3-7-15(16)13-17(18)21(26)22-11-10-20-24-23-19-9-5-6-12-25(19)20/h3-9,12-14H,2,10-11H2,1H3,(H,22,26). The first-order valence-electron chi connectivity index (χ1n) is 8.98. The number of rotatable bonds is 6. The normalized spacial score (nSPS) is 11.0. The second-order valence-electron chi connectivity index (χ2n) is 6.18. The van der Waals surface area contributed by atoms with Crippen LogP contribution in [0.15, 0.2) is 60.8 Å². The Morgan fingerprint density at radius 2 is 1.85 bits per heavy atom. The molecule has 0 saturated carbocycles. The van der Waals surface area contributed by atoms with Crippen molar-refractivity contribution < 1.29 is 9.53 Å². The van der Waals surface area contributed by atoms with E-state index in [1.165, 1.54) is 0 Å². The van der Waals surface area contributed by atoms with Gasteiger partial charge in [0.25, 0.3) is 5.91 Å². The average molecular weight is 360 g/mol. The molecule has 136 valence electrons. The van der Waals surface area contributed by atoms with Crippen molar-refractivity contribution in [2.45, 2.75) is 13.3 Å². The Bertz CT molecular complexity index is 1100. The number of nitrogens with zero attached hydrogens (tertiary/aromatic N) is 3. The number of fused-ring (bicyclic) bond motifs is 2. The van der Waals surface area contributed by atoms with Crippen molar-refractivity contribution >= 4 is 22.3 Å². The van der Waals surface area contributed by atoms with Crippen LogP contribution in [0.4, 0.5) is 0 Å². The van der Waals surface area contributed by atoms with Crippen LogP contribution in [0.5, 0.6) is 5.75 Å². The highest BCUT2D eigenvalue weighted by Crippen LogP contribution is 2.26. The molecule has 2 heterocycles. The molecular formula is C21H20N4O2. The number of benzene rings is 2. The highest BCUT2D eigenvalue weighted by atomic mass is 16.5. The fourth-order valence-corrected chi connectivity index (χ4v) is 3.12. The first-order valence-corrected chi connectivity index (χ1v) is 8.98. The van der Waals surface area contributed by atoms with Crippen molar-refractivity contribution in [1.82, 2.24) is 19.9 Å². The molecule has 0 aliphatic carbocycles. The molecule has 0 bridgehead atoms. The van der Waals surface area contributed by atoms with Crippen molar-refractivity contribution in [3.8, 4) is 5.75 Å². The van der Waals surface area contributed by atoms with Gasteiger partial charge in [-0.05, 0) is 42.0 Å². The van der Waals surface area contributed by atoms with Crippen LogP contribution in [0.1, 0.15) is 23.1 Å². The van der Waals surface area contributed by atoms with Gasteiger partial charge < -0.3 is 10.1 Å². The molecule has 0 spiro atoms. The Balaban J connectivity index is 1.51. The summed E-state index contributed by atoms with van der Waals surface area (Å²) in [5, 5.41) is 13.3. The van der Waals surface area contributed by atoms with Gasteiger partial charge in [0, 0.05) is 19.2 Å². The molecule has 0 atom stereocenters. The molecule has 0 aliphatic rings. The van der Waals surface area contributed by atoms with E-state index >= 15 is 0 Å². The Labute approximate surface area is 156 Å². The lowest BCUT2D eigenvalue weighted by molar-refractivity contribution is 0.0950. The second kappa shape index (κ2) is 7.45. The average Bonchev–Trinajstić information content (AvgIpc) is 3.11. The molecule has 1 N–H and O–H groups in total. The van der Waals surface area contributed by atoms with Crippen molar-refractivity contribution in [2.24, 2.45) is 0 Å². The highest BCUT2D eigenvalue weighted by Gasteiger charge is 2.14. The topological polar surface area (TPSA) is 68.5 Å². The molecule has 6 heteroatoms. The summed E-state index contributed by atoms with van der Waals surface area (Å²) in [4.78, 5) is 12.7. The minimum absolute atomic E-state index is 0.155. The molecule has 0 fully saturated rings. The molecule has 6 nitrogen and oxygen atoms in total. The van der Waals surface area contributed by atoms with E-state index in [0.29, 0.717) is 30.9 Å². The zero-order valence-electron chi connectivity index (χ0n) is 15.1. The van der Waals surface area contributed by atoms with Gasteiger partial charge in [-0.3, -0.25) is 9.20 Å². The summed E-state index contributed by atoms with van der Waals surface area (Å²) in [5.74, 6) is 1.26. The monoisotopic (exact) mass is 360 g/mol. The maximum absolute atomic E-state index is 12.7. The van der Waals surface area contributed by atoms with Gasteiger partial charge in [0.15, 0.2) is 5.65 Å². The van der Waals surface area contributed by atoms with Crippen LogP contribution in [0.2, 0.25) is 0 Å². The number of nitrogens with one attached hydrogen (secondary N) is 1. The third-order valence-corrected chi connectivity index (χ3v) is 4.41. The van der Waals surface area contributed by atoms with Gasteiger partial charge in [0.2, 0.25) is 0 Å². The largest absolute Gasteiger partial charge is 0.493 e. The predicted octanol–water partition coefficient (Wildman–Crippen LogP) is 3.25. The Kier molecular flexibility index (Phi) is 4.70. The molecule has 2 aromatic heterocycles. The number of amides is 1. The van der Waals surface area contributed by atoms with Crippen LogP contribution in [-0.4, -0.2) is 33.7 Å². The van der Waals surface area contributed by atoms with Crippen LogP contribution in [-0.2, 0) is 6.42 Å². The fourth-order valence-electron chi connectivity index (χ4n) is 3.12. The van der Waals surface area contributed by atoms with E-state index in [2.05, 4.69) is 15.5 Å². The molecule has 0 radical (unpaired) electrons. The van der Waals surface area contributed by atoms with E-state index in [1.54, 1.807) is 0 Å². The summed E-state index contributed by atoms with van der Waals surface area (Å²) < 4.78 is 7.61. The van der Waals surface area contributed by atoms with Gasteiger partial charge in [-0.15, -0.1) is 10.2 Å².